The molecule has 1 aromatic rings. The Balaban J connectivity index is 1.41. The topological polar surface area (TPSA) is 68.1 Å². The minimum atomic E-state index is -0.0390. The van der Waals surface area contributed by atoms with Gasteiger partial charge in [-0.1, -0.05) is 11.8 Å². The molecule has 0 spiro atoms. The van der Waals surface area contributed by atoms with E-state index in [0.717, 1.165) is 11.0 Å². The highest BCUT2D eigenvalue weighted by molar-refractivity contribution is 7.99. The fourth-order valence-electron chi connectivity index (χ4n) is 2.78. The lowest BCUT2D eigenvalue weighted by Gasteiger charge is -2.13. The van der Waals surface area contributed by atoms with Crippen LogP contribution in [0.5, 0.6) is 0 Å². The van der Waals surface area contributed by atoms with E-state index in [4.69, 9.17) is 0 Å². The quantitative estimate of drug-likeness (QED) is 0.591. The summed E-state index contributed by atoms with van der Waals surface area (Å²) in [6.07, 6.45) is 5.63. The molecular formula is C14H18N4O2S. The zero-order valence-electron chi connectivity index (χ0n) is 11.8. The molecule has 7 heteroatoms. The first-order chi connectivity index (χ1) is 10.2. The summed E-state index contributed by atoms with van der Waals surface area (Å²) < 4.78 is 2.30. The van der Waals surface area contributed by atoms with Gasteiger partial charge in [0, 0.05) is 37.1 Å². The number of carbonyl (C=O) groups excluding carboxylic acids is 2. The fourth-order valence-corrected chi connectivity index (χ4v) is 3.72. The van der Waals surface area contributed by atoms with Gasteiger partial charge in [0.2, 0.25) is 11.8 Å². The number of rotatable bonds is 6. The lowest BCUT2D eigenvalue weighted by atomic mass is 10.4. The average molecular weight is 306 g/mol. The third-order valence-electron chi connectivity index (χ3n) is 4.25. The van der Waals surface area contributed by atoms with Gasteiger partial charge in [0.25, 0.3) is 0 Å². The second kappa shape index (κ2) is 5.12. The van der Waals surface area contributed by atoms with E-state index in [-0.39, 0.29) is 11.8 Å². The highest BCUT2D eigenvalue weighted by Gasteiger charge is 2.36. The van der Waals surface area contributed by atoms with Gasteiger partial charge in [0.15, 0.2) is 5.16 Å². The van der Waals surface area contributed by atoms with Crippen molar-refractivity contribution in [2.75, 3.05) is 12.3 Å². The maximum Gasteiger partial charge on any atom is 0.229 e. The molecule has 21 heavy (non-hydrogen) atoms. The highest BCUT2D eigenvalue weighted by atomic mass is 32.2. The summed E-state index contributed by atoms with van der Waals surface area (Å²) >= 11 is 1.62. The van der Waals surface area contributed by atoms with Crippen molar-refractivity contribution in [2.24, 2.45) is 0 Å². The van der Waals surface area contributed by atoms with E-state index in [1.165, 1.54) is 30.6 Å². The molecule has 2 heterocycles. The molecular weight excluding hydrogens is 288 g/mol. The Morgan fingerprint density at radius 1 is 1.05 bits per heavy atom. The number of carbonyl (C=O) groups is 2. The number of thioether (sulfide) groups is 1. The van der Waals surface area contributed by atoms with Gasteiger partial charge < -0.3 is 4.57 Å². The smallest absolute Gasteiger partial charge is 0.229 e. The SMILES string of the molecule is O=C1CCC(=O)N1CCSc1nnc(C2CC2)n1C1CC1. The number of amides is 2. The maximum absolute atomic E-state index is 11.6. The molecule has 6 nitrogen and oxygen atoms in total. The molecule has 3 aliphatic rings. The normalized spacial score (nSPS) is 22.4. The highest BCUT2D eigenvalue weighted by Crippen LogP contribution is 2.45. The number of imide groups is 1. The minimum Gasteiger partial charge on any atom is -0.303 e. The fraction of sp³-hybridized carbons (Fsp3) is 0.714. The Morgan fingerprint density at radius 2 is 1.76 bits per heavy atom. The van der Waals surface area contributed by atoms with E-state index in [1.807, 2.05) is 0 Å². The molecule has 0 unspecified atom stereocenters. The summed E-state index contributed by atoms with van der Waals surface area (Å²) in [5, 5.41) is 9.65. The first-order valence-corrected chi connectivity index (χ1v) is 8.63. The number of hydrogen-bond acceptors (Lipinski definition) is 5. The van der Waals surface area contributed by atoms with E-state index < -0.39 is 0 Å². The lowest BCUT2D eigenvalue weighted by molar-refractivity contribution is -0.137. The summed E-state index contributed by atoms with van der Waals surface area (Å²) in [5.74, 6) is 2.38. The standard InChI is InChI=1S/C14H18N4O2S/c19-11-5-6-12(20)17(11)7-8-21-14-16-15-13(9-1-2-9)18(14)10-3-4-10/h9-10H,1-8H2. The molecule has 1 aliphatic heterocycles. The first kappa shape index (κ1) is 13.3. The number of aromatic nitrogens is 3. The van der Waals surface area contributed by atoms with Gasteiger partial charge in [-0.25, -0.2) is 0 Å². The largest absolute Gasteiger partial charge is 0.303 e. The Morgan fingerprint density at radius 3 is 2.38 bits per heavy atom. The summed E-state index contributed by atoms with van der Waals surface area (Å²) in [7, 11) is 0. The molecule has 3 fully saturated rings. The zero-order valence-corrected chi connectivity index (χ0v) is 12.6. The summed E-state index contributed by atoms with van der Waals surface area (Å²) in [6, 6.07) is 0.577. The van der Waals surface area contributed by atoms with Crippen molar-refractivity contribution in [2.45, 2.75) is 55.6 Å². The molecule has 4 rings (SSSR count). The Labute approximate surface area is 127 Å². The Hall–Kier alpha value is -1.37. The van der Waals surface area contributed by atoms with Crippen LogP contribution in [-0.2, 0) is 9.59 Å². The summed E-state index contributed by atoms with van der Waals surface area (Å²) in [6.45, 7) is 0.485. The van der Waals surface area contributed by atoms with E-state index in [2.05, 4.69) is 14.8 Å². The molecule has 0 bridgehead atoms. The molecule has 0 N–H and O–H groups in total. The Kier molecular flexibility index (Phi) is 3.24. The van der Waals surface area contributed by atoms with Crippen LogP contribution in [0.2, 0.25) is 0 Å². The number of nitrogens with zero attached hydrogens (tertiary/aromatic N) is 4. The van der Waals surface area contributed by atoms with Gasteiger partial charge in [-0.05, 0) is 25.7 Å². The molecule has 0 atom stereocenters. The van der Waals surface area contributed by atoms with Gasteiger partial charge >= 0.3 is 0 Å². The van der Waals surface area contributed by atoms with Crippen molar-refractivity contribution in [3.05, 3.63) is 5.82 Å². The van der Waals surface area contributed by atoms with E-state index in [9.17, 15) is 9.59 Å². The predicted molar refractivity (Wildman–Crippen MR) is 76.9 cm³/mol. The third kappa shape index (κ3) is 2.59. The predicted octanol–water partition coefficient (Wildman–Crippen LogP) is 1.73. The van der Waals surface area contributed by atoms with Crippen molar-refractivity contribution in [1.29, 1.82) is 0 Å². The lowest BCUT2D eigenvalue weighted by Crippen LogP contribution is -2.31. The van der Waals surface area contributed by atoms with Crippen molar-refractivity contribution in [1.82, 2.24) is 19.7 Å². The summed E-state index contributed by atoms with van der Waals surface area (Å²) in [5.41, 5.74) is 0. The molecule has 112 valence electrons. The average Bonchev–Trinajstić information content (AvgIpc) is 3.39. The van der Waals surface area contributed by atoms with Gasteiger partial charge in [-0.3, -0.25) is 14.5 Å². The first-order valence-electron chi connectivity index (χ1n) is 7.65. The van der Waals surface area contributed by atoms with Crippen LogP contribution in [0.4, 0.5) is 0 Å². The molecule has 2 amide bonds. The molecule has 1 saturated heterocycles. The van der Waals surface area contributed by atoms with Crippen LogP contribution >= 0.6 is 11.8 Å². The van der Waals surface area contributed by atoms with Crippen molar-refractivity contribution >= 4 is 23.6 Å². The summed E-state index contributed by atoms with van der Waals surface area (Å²) in [4.78, 5) is 24.5. The molecule has 2 saturated carbocycles. The van der Waals surface area contributed by atoms with Crippen LogP contribution in [0.1, 0.15) is 56.3 Å². The van der Waals surface area contributed by atoms with E-state index in [1.54, 1.807) is 11.8 Å². The maximum atomic E-state index is 11.6. The molecule has 0 radical (unpaired) electrons. The second-order valence-electron chi connectivity index (χ2n) is 6.00. The van der Waals surface area contributed by atoms with Crippen LogP contribution < -0.4 is 0 Å². The third-order valence-corrected chi connectivity index (χ3v) is 5.17. The van der Waals surface area contributed by atoms with Crippen LogP contribution in [0, 0.1) is 0 Å². The van der Waals surface area contributed by atoms with Crippen LogP contribution in [0.25, 0.3) is 0 Å². The van der Waals surface area contributed by atoms with E-state index in [0.29, 0.717) is 37.1 Å². The van der Waals surface area contributed by atoms with Crippen LogP contribution in [0.15, 0.2) is 5.16 Å². The van der Waals surface area contributed by atoms with Crippen molar-refractivity contribution in [3.8, 4) is 0 Å². The van der Waals surface area contributed by atoms with Crippen molar-refractivity contribution < 1.29 is 9.59 Å². The van der Waals surface area contributed by atoms with Gasteiger partial charge in [0.1, 0.15) is 5.82 Å². The molecule has 1 aromatic heterocycles. The van der Waals surface area contributed by atoms with E-state index >= 15 is 0 Å². The van der Waals surface area contributed by atoms with Crippen molar-refractivity contribution in [3.63, 3.8) is 0 Å². The zero-order chi connectivity index (χ0) is 14.4. The minimum absolute atomic E-state index is 0.0390. The van der Waals surface area contributed by atoms with Gasteiger partial charge in [-0.2, -0.15) is 0 Å². The van der Waals surface area contributed by atoms with Gasteiger partial charge in [0.05, 0.1) is 0 Å². The molecule has 0 aromatic carbocycles. The number of hydrogen-bond donors (Lipinski definition) is 0. The monoisotopic (exact) mass is 306 g/mol. The second-order valence-corrected chi connectivity index (χ2v) is 7.07. The van der Waals surface area contributed by atoms with Crippen LogP contribution in [-0.4, -0.2) is 43.8 Å². The molecule has 2 aliphatic carbocycles. The van der Waals surface area contributed by atoms with Crippen LogP contribution in [0.3, 0.4) is 0 Å². The number of likely N-dealkylation sites (tertiary alicyclic amines) is 1. The Bertz CT molecular complexity index is 576. The van der Waals surface area contributed by atoms with Gasteiger partial charge in [-0.15, -0.1) is 10.2 Å².